The van der Waals surface area contributed by atoms with Crippen LogP contribution in [0.5, 0.6) is 0 Å². The van der Waals surface area contributed by atoms with E-state index in [1.165, 1.54) is 4.90 Å². The summed E-state index contributed by atoms with van der Waals surface area (Å²) in [6.45, 7) is 3.75. The Kier molecular flexibility index (Phi) is 8.27. The molecule has 0 aliphatic heterocycles. The fourth-order valence-corrected chi connectivity index (χ4v) is 1.24. The lowest BCUT2D eigenvalue weighted by Crippen LogP contribution is -2.44. The molecule has 0 aromatic carbocycles. The summed E-state index contributed by atoms with van der Waals surface area (Å²) in [5.41, 5.74) is 0. The molecule has 0 heterocycles. The number of aliphatic hydroxyl groups excluding tert-OH is 1. The highest BCUT2D eigenvalue weighted by molar-refractivity contribution is 5.81. The van der Waals surface area contributed by atoms with Gasteiger partial charge in [0.05, 0.1) is 6.61 Å². The van der Waals surface area contributed by atoms with Gasteiger partial charge < -0.3 is 25.2 Å². The zero-order chi connectivity index (χ0) is 14.8. The van der Waals surface area contributed by atoms with E-state index in [1.807, 2.05) is 0 Å². The van der Waals surface area contributed by atoms with Crippen LogP contribution in [-0.2, 0) is 14.3 Å². The number of rotatable bonds is 8. The van der Waals surface area contributed by atoms with E-state index in [0.717, 1.165) is 0 Å². The van der Waals surface area contributed by atoms with Crippen LogP contribution in [-0.4, -0.2) is 65.4 Å². The van der Waals surface area contributed by atoms with Crippen molar-refractivity contribution in [3.8, 4) is 0 Å². The molecule has 2 amide bonds. The number of carboxylic acids is 1. The summed E-state index contributed by atoms with van der Waals surface area (Å²) in [6.07, 6.45) is -1.61. The van der Waals surface area contributed by atoms with Crippen molar-refractivity contribution in [3.05, 3.63) is 0 Å². The standard InChI is InChI=1S/C11H20N2O6/c1-3-13(7-9(15)19-4-2)11(18)12-6-5-8(14)10(16)17/h8,14H,3-7H2,1-2H3,(H,12,18)(H,16,17)/t8-/m0/s1. The van der Waals surface area contributed by atoms with Crippen molar-refractivity contribution >= 4 is 18.0 Å². The summed E-state index contributed by atoms with van der Waals surface area (Å²) in [6, 6.07) is -0.506. The van der Waals surface area contributed by atoms with Crippen molar-refractivity contribution in [3.63, 3.8) is 0 Å². The number of nitrogens with one attached hydrogen (secondary N) is 1. The summed E-state index contributed by atoms with van der Waals surface area (Å²) in [5, 5.41) is 19.9. The zero-order valence-electron chi connectivity index (χ0n) is 11.1. The van der Waals surface area contributed by atoms with E-state index in [9.17, 15) is 14.4 Å². The van der Waals surface area contributed by atoms with Gasteiger partial charge in [0.1, 0.15) is 6.54 Å². The summed E-state index contributed by atoms with van der Waals surface area (Å²) in [4.78, 5) is 34.4. The van der Waals surface area contributed by atoms with Crippen LogP contribution in [0.3, 0.4) is 0 Å². The number of aliphatic hydroxyl groups is 1. The maximum atomic E-state index is 11.6. The van der Waals surface area contributed by atoms with E-state index >= 15 is 0 Å². The second-order valence-corrected chi connectivity index (χ2v) is 3.69. The molecule has 0 rings (SSSR count). The SMILES string of the molecule is CCOC(=O)CN(CC)C(=O)NCC[C@H](O)C(=O)O. The maximum Gasteiger partial charge on any atom is 0.332 e. The average Bonchev–Trinajstić information content (AvgIpc) is 2.35. The van der Waals surface area contributed by atoms with E-state index < -0.39 is 24.1 Å². The fraction of sp³-hybridized carbons (Fsp3) is 0.727. The first kappa shape index (κ1) is 17.2. The molecule has 0 spiro atoms. The Morgan fingerprint density at radius 1 is 1.32 bits per heavy atom. The fourth-order valence-electron chi connectivity index (χ4n) is 1.24. The smallest absolute Gasteiger partial charge is 0.332 e. The molecular formula is C11H20N2O6. The second kappa shape index (κ2) is 9.15. The van der Waals surface area contributed by atoms with Crippen LogP contribution in [0.1, 0.15) is 20.3 Å². The predicted octanol–water partition coefficient (Wildman–Crippen LogP) is -0.583. The molecule has 0 radical (unpaired) electrons. The lowest BCUT2D eigenvalue weighted by atomic mass is 10.2. The lowest BCUT2D eigenvalue weighted by Gasteiger charge is -2.20. The first-order valence-electron chi connectivity index (χ1n) is 6.01. The Bertz CT molecular complexity index is 320. The van der Waals surface area contributed by atoms with Crippen LogP contribution in [0.25, 0.3) is 0 Å². The number of ether oxygens (including phenoxy) is 1. The summed E-state index contributed by atoms with van der Waals surface area (Å²) in [5.74, 6) is -1.85. The normalized spacial score (nSPS) is 11.5. The van der Waals surface area contributed by atoms with Gasteiger partial charge in [-0.25, -0.2) is 9.59 Å². The highest BCUT2D eigenvalue weighted by Gasteiger charge is 2.17. The molecule has 3 N–H and O–H groups in total. The molecule has 0 bridgehead atoms. The van der Waals surface area contributed by atoms with Gasteiger partial charge in [-0.1, -0.05) is 0 Å². The Balaban J connectivity index is 4.08. The Labute approximate surface area is 111 Å². The molecule has 8 nitrogen and oxygen atoms in total. The van der Waals surface area contributed by atoms with Gasteiger partial charge in [-0.15, -0.1) is 0 Å². The van der Waals surface area contributed by atoms with Gasteiger partial charge in [0.15, 0.2) is 6.10 Å². The maximum absolute atomic E-state index is 11.6. The first-order valence-corrected chi connectivity index (χ1v) is 6.01. The number of urea groups is 1. The van der Waals surface area contributed by atoms with Gasteiger partial charge >= 0.3 is 18.0 Å². The molecule has 8 heteroatoms. The zero-order valence-corrected chi connectivity index (χ0v) is 11.1. The number of carbonyl (C=O) groups is 3. The summed E-state index contributed by atoms with van der Waals surface area (Å²) in [7, 11) is 0. The minimum Gasteiger partial charge on any atom is -0.479 e. The molecule has 0 aliphatic carbocycles. The number of carbonyl (C=O) groups excluding carboxylic acids is 2. The number of amides is 2. The van der Waals surface area contributed by atoms with Crippen molar-refractivity contribution < 1.29 is 29.3 Å². The van der Waals surface area contributed by atoms with Crippen molar-refractivity contribution in [2.24, 2.45) is 0 Å². The summed E-state index contributed by atoms with van der Waals surface area (Å²) < 4.78 is 4.72. The van der Waals surface area contributed by atoms with Crippen LogP contribution in [0, 0.1) is 0 Å². The van der Waals surface area contributed by atoms with Crippen LogP contribution in [0.15, 0.2) is 0 Å². The van der Waals surface area contributed by atoms with E-state index in [1.54, 1.807) is 13.8 Å². The Morgan fingerprint density at radius 3 is 2.42 bits per heavy atom. The van der Waals surface area contributed by atoms with Crippen molar-refractivity contribution in [2.75, 3.05) is 26.2 Å². The molecule has 0 aliphatic rings. The quantitative estimate of drug-likeness (QED) is 0.511. The van der Waals surface area contributed by atoms with Crippen LogP contribution in [0.4, 0.5) is 4.79 Å². The van der Waals surface area contributed by atoms with E-state index in [4.69, 9.17) is 14.9 Å². The number of carboxylic acid groups (broad SMARTS) is 1. The van der Waals surface area contributed by atoms with Gasteiger partial charge in [-0.2, -0.15) is 0 Å². The monoisotopic (exact) mass is 276 g/mol. The average molecular weight is 276 g/mol. The van der Waals surface area contributed by atoms with Gasteiger partial charge in [0.25, 0.3) is 0 Å². The first-order chi connectivity index (χ1) is 8.92. The Hall–Kier alpha value is -1.83. The molecule has 110 valence electrons. The number of nitrogens with zero attached hydrogens (tertiary/aromatic N) is 1. The molecular weight excluding hydrogens is 256 g/mol. The summed E-state index contributed by atoms with van der Waals surface area (Å²) >= 11 is 0. The minimum atomic E-state index is -1.51. The third kappa shape index (κ3) is 7.24. The number of hydrogen-bond acceptors (Lipinski definition) is 5. The minimum absolute atomic E-state index is 0.00558. The Morgan fingerprint density at radius 2 is 1.95 bits per heavy atom. The van der Waals surface area contributed by atoms with E-state index in [-0.39, 0.29) is 26.1 Å². The predicted molar refractivity (Wildman–Crippen MR) is 65.5 cm³/mol. The third-order valence-corrected chi connectivity index (χ3v) is 2.27. The highest BCUT2D eigenvalue weighted by atomic mass is 16.5. The number of hydrogen-bond donors (Lipinski definition) is 3. The molecule has 0 saturated carbocycles. The molecule has 0 fully saturated rings. The van der Waals surface area contributed by atoms with Gasteiger partial charge in [0, 0.05) is 19.5 Å². The van der Waals surface area contributed by atoms with Crippen LogP contribution < -0.4 is 5.32 Å². The number of esters is 1. The molecule has 1 atom stereocenters. The molecule has 0 aromatic heterocycles. The van der Waals surface area contributed by atoms with Gasteiger partial charge in [-0.3, -0.25) is 4.79 Å². The topological polar surface area (TPSA) is 116 Å². The largest absolute Gasteiger partial charge is 0.479 e. The van der Waals surface area contributed by atoms with Crippen molar-refractivity contribution in [2.45, 2.75) is 26.4 Å². The number of likely N-dealkylation sites (N-methyl/N-ethyl adjacent to an activating group) is 1. The van der Waals surface area contributed by atoms with Gasteiger partial charge in [0.2, 0.25) is 0 Å². The number of aliphatic carboxylic acids is 1. The molecule has 0 aromatic rings. The van der Waals surface area contributed by atoms with Crippen molar-refractivity contribution in [1.29, 1.82) is 0 Å². The molecule has 19 heavy (non-hydrogen) atoms. The van der Waals surface area contributed by atoms with Crippen LogP contribution in [0.2, 0.25) is 0 Å². The second-order valence-electron chi connectivity index (χ2n) is 3.69. The molecule has 0 saturated heterocycles. The molecule has 0 unspecified atom stereocenters. The van der Waals surface area contributed by atoms with Gasteiger partial charge in [-0.05, 0) is 13.8 Å². The van der Waals surface area contributed by atoms with Crippen molar-refractivity contribution in [1.82, 2.24) is 10.2 Å². The lowest BCUT2D eigenvalue weighted by molar-refractivity contribution is -0.146. The third-order valence-electron chi connectivity index (χ3n) is 2.27. The highest BCUT2D eigenvalue weighted by Crippen LogP contribution is 1.94. The van der Waals surface area contributed by atoms with Crippen LogP contribution >= 0.6 is 0 Å². The van der Waals surface area contributed by atoms with E-state index in [0.29, 0.717) is 6.54 Å². The van der Waals surface area contributed by atoms with E-state index in [2.05, 4.69) is 5.32 Å².